The first-order chi connectivity index (χ1) is 11.5. The number of piperidine rings is 1. The zero-order chi connectivity index (χ0) is 17.5. The van der Waals surface area contributed by atoms with Crippen LogP contribution in [0.25, 0.3) is 0 Å². The lowest BCUT2D eigenvalue weighted by Crippen LogP contribution is -2.52. The molecule has 136 valence electrons. The fraction of sp³-hybridized carbons (Fsp3) is 0.824. The summed E-state index contributed by atoms with van der Waals surface area (Å²) in [6, 6.07) is -0.917. The Bertz CT molecular complexity index is 462. The lowest BCUT2D eigenvalue weighted by molar-refractivity contribution is -0.146. The molecule has 2 heterocycles. The van der Waals surface area contributed by atoms with Gasteiger partial charge in [-0.3, -0.25) is 9.59 Å². The van der Waals surface area contributed by atoms with Crippen LogP contribution in [0.1, 0.15) is 45.4 Å². The summed E-state index contributed by atoms with van der Waals surface area (Å²) in [7, 11) is 0. The van der Waals surface area contributed by atoms with Crippen molar-refractivity contribution in [3.05, 3.63) is 0 Å². The molecular formula is C17H28N2O5. The average Bonchev–Trinajstić information content (AvgIpc) is 2.60. The van der Waals surface area contributed by atoms with Crippen molar-refractivity contribution in [1.82, 2.24) is 10.2 Å². The zero-order valence-electron chi connectivity index (χ0n) is 14.3. The molecule has 3 unspecified atom stereocenters. The summed E-state index contributed by atoms with van der Waals surface area (Å²) in [5, 5.41) is 12.1. The minimum absolute atomic E-state index is 0.0745. The number of carbonyl (C=O) groups excluding carboxylic acids is 2. The molecule has 2 fully saturated rings. The van der Waals surface area contributed by atoms with Crippen LogP contribution in [-0.2, 0) is 19.1 Å². The monoisotopic (exact) mass is 340 g/mol. The van der Waals surface area contributed by atoms with Crippen LogP contribution in [0.3, 0.4) is 0 Å². The molecule has 2 aliphatic heterocycles. The van der Waals surface area contributed by atoms with Crippen molar-refractivity contribution in [2.24, 2.45) is 11.8 Å². The summed E-state index contributed by atoms with van der Waals surface area (Å²) < 4.78 is 5.35. The van der Waals surface area contributed by atoms with Crippen LogP contribution in [0.4, 0.5) is 0 Å². The summed E-state index contributed by atoms with van der Waals surface area (Å²) in [4.78, 5) is 37.8. The van der Waals surface area contributed by atoms with E-state index in [-0.39, 0.29) is 23.7 Å². The normalized spacial score (nSPS) is 25.8. The molecule has 7 nitrogen and oxygen atoms in total. The van der Waals surface area contributed by atoms with E-state index in [2.05, 4.69) is 5.32 Å². The van der Waals surface area contributed by atoms with E-state index in [0.717, 1.165) is 25.7 Å². The van der Waals surface area contributed by atoms with Gasteiger partial charge in [-0.2, -0.15) is 0 Å². The van der Waals surface area contributed by atoms with E-state index < -0.39 is 12.0 Å². The Morgan fingerprint density at radius 2 is 2.08 bits per heavy atom. The second kappa shape index (κ2) is 9.01. The largest absolute Gasteiger partial charge is 0.480 e. The van der Waals surface area contributed by atoms with Gasteiger partial charge in [0.2, 0.25) is 11.8 Å². The lowest BCUT2D eigenvalue weighted by Gasteiger charge is -2.34. The average molecular weight is 340 g/mol. The summed E-state index contributed by atoms with van der Waals surface area (Å²) in [5.74, 6) is -1.73. The quantitative estimate of drug-likeness (QED) is 0.753. The summed E-state index contributed by atoms with van der Waals surface area (Å²) in [6.07, 6.45) is 4.30. The van der Waals surface area contributed by atoms with Gasteiger partial charge in [0.25, 0.3) is 0 Å². The van der Waals surface area contributed by atoms with Crippen molar-refractivity contribution < 1.29 is 24.2 Å². The van der Waals surface area contributed by atoms with Gasteiger partial charge in [0.1, 0.15) is 6.04 Å². The number of hydrogen-bond donors (Lipinski definition) is 2. The predicted molar refractivity (Wildman–Crippen MR) is 87.3 cm³/mol. The van der Waals surface area contributed by atoms with Crippen LogP contribution in [0.2, 0.25) is 0 Å². The maximum Gasteiger partial charge on any atom is 0.326 e. The van der Waals surface area contributed by atoms with Crippen LogP contribution < -0.4 is 5.32 Å². The third-order valence-electron chi connectivity index (χ3n) is 4.84. The van der Waals surface area contributed by atoms with E-state index >= 15 is 0 Å². The van der Waals surface area contributed by atoms with Gasteiger partial charge in [0, 0.05) is 32.0 Å². The van der Waals surface area contributed by atoms with Gasteiger partial charge in [-0.05, 0) is 32.1 Å². The van der Waals surface area contributed by atoms with Crippen LogP contribution in [0, 0.1) is 11.8 Å². The minimum Gasteiger partial charge on any atom is -0.480 e. The molecule has 0 aromatic heterocycles. The van der Waals surface area contributed by atoms with Gasteiger partial charge in [-0.25, -0.2) is 4.79 Å². The molecule has 0 aromatic carbocycles. The standard InChI is InChI=1S/C17H28N2O5/c1-2-5-14(20)19-8-3-6-12(10-19)16(21)18-15(17(22)23)13-7-4-9-24-11-13/h12-13,15H,2-11H2,1H3,(H,18,21)(H,22,23). The van der Waals surface area contributed by atoms with Crippen LogP contribution in [0.5, 0.6) is 0 Å². The number of nitrogens with one attached hydrogen (secondary N) is 1. The molecule has 3 atom stereocenters. The van der Waals surface area contributed by atoms with Crippen LogP contribution in [-0.4, -0.2) is 60.1 Å². The van der Waals surface area contributed by atoms with Crippen molar-refractivity contribution in [3.63, 3.8) is 0 Å². The van der Waals surface area contributed by atoms with Crippen molar-refractivity contribution in [2.75, 3.05) is 26.3 Å². The summed E-state index contributed by atoms with van der Waals surface area (Å²) in [6.45, 7) is 4.03. The van der Waals surface area contributed by atoms with E-state index in [1.165, 1.54) is 0 Å². The molecule has 2 amide bonds. The minimum atomic E-state index is -1.02. The van der Waals surface area contributed by atoms with Crippen molar-refractivity contribution in [1.29, 1.82) is 0 Å². The zero-order valence-corrected chi connectivity index (χ0v) is 14.3. The fourth-order valence-electron chi connectivity index (χ4n) is 3.47. The maximum absolute atomic E-state index is 12.5. The summed E-state index contributed by atoms with van der Waals surface area (Å²) in [5.41, 5.74) is 0. The second-order valence-corrected chi connectivity index (χ2v) is 6.73. The van der Waals surface area contributed by atoms with Crippen molar-refractivity contribution in [3.8, 4) is 0 Å². The topological polar surface area (TPSA) is 95.9 Å². The van der Waals surface area contributed by atoms with Crippen LogP contribution >= 0.6 is 0 Å². The Hall–Kier alpha value is -1.63. The Morgan fingerprint density at radius 1 is 1.29 bits per heavy atom. The van der Waals surface area contributed by atoms with Crippen LogP contribution in [0.15, 0.2) is 0 Å². The third-order valence-corrected chi connectivity index (χ3v) is 4.84. The molecule has 0 spiro atoms. The molecule has 0 bridgehead atoms. The molecular weight excluding hydrogens is 312 g/mol. The van der Waals surface area contributed by atoms with E-state index in [1.807, 2.05) is 6.92 Å². The molecule has 0 radical (unpaired) electrons. The van der Waals surface area contributed by atoms with Crippen molar-refractivity contribution in [2.45, 2.75) is 51.5 Å². The highest BCUT2D eigenvalue weighted by Gasteiger charge is 2.35. The number of carboxylic acids is 1. The molecule has 0 saturated carbocycles. The third kappa shape index (κ3) is 4.93. The lowest BCUT2D eigenvalue weighted by atomic mass is 9.91. The number of nitrogens with zero attached hydrogens (tertiary/aromatic N) is 1. The number of likely N-dealkylation sites (tertiary alicyclic amines) is 1. The SMILES string of the molecule is CCCC(=O)N1CCCC(C(=O)NC(C(=O)O)C2CCCOC2)C1. The predicted octanol–water partition coefficient (Wildman–Crippen LogP) is 1.02. The van der Waals surface area contributed by atoms with Gasteiger partial charge in [0.05, 0.1) is 12.5 Å². The van der Waals surface area contributed by atoms with Gasteiger partial charge >= 0.3 is 5.97 Å². The first-order valence-corrected chi connectivity index (χ1v) is 8.91. The van der Waals surface area contributed by atoms with Gasteiger partial charge < -0.3 is 20.1 Å². The molecule has 2 saturated heterocycles. The molecule has 2 rings (SSSR count). The second-order valence-electron chi connectivity index (χ2n) is 6.73. The number of hydrogen-bond acceptors (Lipinski definition) is 4. The van der Waals surface area contributed by atoms with Gasteiger partial charge in [-0.1, -0.05) is 6.92 Å². The molecule has 0 aromatic rings. The molecule has 24 heavy (non-hydrogen) atoms. The first-order valence-electron chi connectivity index (χ1n) is 8.91. The molecule has 0 aliphatic carbocycles. The molecule has 2 aliphatic rings. The Morgan fingerprint density at radius 3 is 2.71 bits per heavy atom. The number of carboxylic acid groups (broad SMARTS) is 1. The Labute approximate surface area is 142 Å². The number of amides is 2. The van der Waals surface area contributed by atoms with Gasteiger partial charge in [0.15, 0.2) is 0 Å². The number of carbonyl (C=O) groups is 3. The van der Waals surface area contributed by atoms with Crippen molar-refractivity contribution >= 4 is 17.8 Å². The fourth-order valence-corrected chi connectivity index (χ4v) is 3.47. The van der Waals surface area contributed by atoms with E-state index in [9.17, 15) is 19.5 Å². The molecule has 2 N–H and O–H groups in total. The maximum atomic E-state index is 12.5. The highest BCUT2D eigenvalue weighted by molar-refractivity contribution is 5.86. The first kappa shape index (κ1) is 18.7. The highest BCUT2D eigenvalue weighted by atomic mass is 16.5. The van der Waals surface area contributed by atoms with Gasteiger partial charge in [-0.15, -0.1) is 0 Å². The van der Waals surface area contributed by atoms with E-state index in [1.54, 1.807) is 4.90 Å². The Kier molecular flexibility index (Phi) is 7.02. The van der Waals surface area contributed by atoms with E-state index in [4.69, 9.17) is 4.74 Å². The van der Waals surface area contributed by atoms with E-state index in [0.29, 0.717) is 39.1 Å². The highest BCUT2D eigenvalue weighted by Crippen LogP contribution is 2.21. The number of ether oxygens (including phenoxy) is 1. The molecule has 7 heteroatoms. The number of rotatable bonds is 6. The smallest absolute Gasteiger partial charge is 0.326 e. The number of aliphatic carboxylic acids is 1. The summed E-state index contributed by atoms with van der Waals surface area (Å²) >= 11 is 0. The Balaban J connectivity index is 1.93.